The van der Waals surface area contributed by atoms with Gasteiger partial charge in [-0.2, -0.15) is 5.10 Å². The van der Waals surface area contributed by atoms with E-state index in [1.807, 2.05) is 34.5 Å². The molecule has 2 rings (SSSR count). The van der Waals surface area contributed by atoms with E-state index in [9.17, 15) is 0 Å². The van der Waals surface area contributed by atoms with Gasteiger partial charge in [-0.1, -0.05) is 0 Å². The molecule has 1 N–H and O–H groups in total. The monoisotopic (exact) mass is 235 g/mol. The summed E-state index contributed by atoms with van der Waals surface area (Å²) in [4.78, 5) is 2.83. The maximum atomic E-state index is 4.16. The summed E-state index contributed by atoms with van der Waals surface area (Å²) in [6, 6.07) is 4.22. The van der Waals surface area contributed by atoms with Gasteiger partial charge in [-0.05, 0) is 31.5 Å². The minimum atomic E-state index is 0.927. The lowest BCUT2D eigenvalue weighted by Crippen LogP contribution is -2.19. The fourth-order valence-corrected chi connectivity index (χ4v) is 2.60. The van der Waals surface area contributed by atoms with E-state index in [-0.39, 0.29) is 0 Å². The van der Waals surface area contributed by atoms with Crippen LogP contribution in [0, 0.1) is 13.8 Å². The zero-order valence-electron chi connectivity index (χ0n) is 9.73. The number of hydrogen-bond acceptors (Lipinski definition) is 3. The van der Waals surface area contributed by atoms with Crippen LogP contribution in [0.1, 0.15) is 15.3 Å². The Kier molecular flexibility index (Phi) is 3.74. The molecule has 0 aliphatic heterocycles. The van der Waals surface area contributed by atoms with Crippen molar-refractivity contribution in [1.82, 2.24) is 15.1 Å². The zero-order chi connectivity index (χ0) is 11.4. The first kappa shape index (κ1) is 11.4. The molecular formula is C12H17N3S. The number of aryl methyl sites for hydroxylation is 2. The molecule has 0 atom stereocenters. The molecule has 3 nitrogen and oxygen atoms in total. The first-order valence-corrected chi connectivity index (χ1v) is 6.31. The fraction of sp³-hybridized carbons (Fsp3) is 0.417. The number of hydrogen-bond donors (Lipinski definition) is 1. The van der Waals surface area contributed by atoms with E-state index in [1.54, 1.807) is 0 Å². The SMILES string of the molecule is Cc1cc(CNCCn2cccn2)sc1C. The van der Waals surface area contributed by atoms with E-state index < -0.39 is 0 Å². The van der Waals surface area contributed by atoms with Crippen LogP contribution in [-0.4, -0.2) is 16.3 Å². The second-order valence-corrected chi connectivity index (χ2v) is 5.24. The normalized spacial score (nSPS) is 10.9. The van der Waals surface area contributed by atoms with Crippen LogP contribution < -0.4 is 5.32 Å². The molecule has 0 unspecified atom stereocenters. The second-order valence-electron chi connectivity index (χ2n) is 3.90. The molecule has 4 heteroatoms. The van der Waals surface area contributed by atoms with Crippen LogP contribution in [-0.2, 0) is 13.1 Å². The highest BCUT2D eigenvalue weighted by Gasteiger charge is 2.00. The number of nitrogens with zero attached hydrogens (tertiary/aromatic N) is 2. The molecule has 0 bridgehead atoms. The van der Waals surface area contributed by atoms with Gasteiger partial charge in [0.05, 0.1) is 6.54 Å². The quantitative estimate of drug-likeness (QED) is 0.806. The molecule has 0 spiro atoms. The molecule has 0 saturated heterocycles. The first-order valence-electron chi connectivity index (χ1n) is 5.50. The van der Waals surface area contributed by atoms with E-state index in [1.165, 1.54) is 15.3 Å². The van der Waals surface area contributed by atoms with Crippen LogP contribution in [0.5, 0.6) is 0 Å². The van der Waals surface area contributed by atoms with E-state index in [4.69, 9.17) is 0 Å². The highest BCUT2D eigenvalue weighted by atomic mass is 32.1. The Labute approximate surface area is 100 Å². The molecular weight excluding hydrogens is 218 g/mol. The Morgan fingerprint density at radius 2 is 2.31 bits per heavy atom. The van der Waals surface area contributed by atoms with Crippen LogP contribution in [0.4, 0.5) is 0 Å². The summed E-state index contributed by atoms with van der Waals surface area (Å²) in [5.74, 6) is 0. The molecule has 2 aromatic heterocycles. The topological polar surface area (TPSA) is 29.9 Å². The molecule has 86 valence electrons. The Morgan fingerprint density at radius 3 is 2.94 bits per heavy atom. The number of nitrogens with one attached hydrogen (secondary N) is 1. The van der Waals surface area contributed by atoms with Crippen molar-refractivity contribution >= 4 is 11.3 Å². The van der Waals surface area contributed by atoms with E-state index in [2.05, 4.69) is 30.3 Å². The highest BCUT2D eigenvalue weighted by molar-refractivity contribution is 7.12. The maximum absolute atomic E-state index is 4.16. The smallest absolute Gasteiger partial charge is 0.0534 e. The third-order valence-corrected chi connectivity index (χ3v) is 3.75. The standard InChI is InChI=1S/C12H17N3S/c1-10-8-12(16-11(10)2)9-13-5-7-15-6-3-4-14-15/h3-4,6,8,13H,5,7,9H2,1-2H3. The van der Waals surface area contributed by atoms with Crippen LogP contribution in [0.2, 0.25) is 0 Å². The number of aromatic nitrogens is 2. The summed E-state index contributed by atoms with van der Waals surface area (Å²) in [6.45, 7) is 7.18. The van der Waals surface area contributed by atoms with Crippen molar-refractivity contribution < 1.29 is 0 Å². The summed E-state index contributed by atoms with van der Waals surface area (Å²) in [6.07, 6.45) is 3.80. The van der Waals surface area contributed by atoms with Crippen molar-refractivity contribution in [2.24, 2.45) is 0 Å². The molecule has 16 heavy (non-hydrogen) atoms. The van der Waals surface area contributed by atoms with Crippen molar-refractivity contribution in [3.8, 4) is 0 Å². The predicted molar refractivity (Wildman–Crippen MR) is 67.7 cm³/mol. The summed E-state index contributed by atoms with van der Waals surface area (Å²) in [5, 5.41) is 7.59. The minimum absolute atomic E-state index is 0.927. The third kappa shape index (κ3) is 2.93. The van der Waals surface area contributed by atoms with E-state index >= 15 is 0 Å². The molecule has 0 fully saturated rings. The van der Waals surface area contributed by atoms with Gasteiger partial charge in [-0.25, -0.2) is 0 Å². The largest absolute Gasteiger partial charge is 0.310 e. The lowest BCUT2D eigenvalue weighted by Gasteiger charge is -2.03. The summed E-state index contributed by atoms with van der Waals surface area (Å²) in [7, 11) is 0. The Hall–Kier alpha value is -1.13. The maximum Gasteiger partial charge on any atom is 0.0534 e. The molecule has 0 aromatic carbocycles. The summed E-state index contributed by atoms with van der Waals surface area (Å²) in [5.41, 5.74) is 1.40. The molecule has 0 aliphatic carbocycles. The van der Waals surface area contributed by atoms with Crippen LogP contribution in [0.25, 0.3) is 0 Å². The van der Waals surface area contributed by atoms with Crippen molar-refractivity contribution in [3.63, 3.8) is 0 Å². The van der Waals surface area contributed by atoms with Crippen LogP contribution in [0.3, 0.4) is 0 Å². The second kappa shape index (κ2) is 5.27. The predicted octanol–water partition coefficient (Wildman–Crippen LogP) is 2.35. The van der Waals surface area contributed by atoms with E-state index in [0.717, 1.165) is 19.6 Å². The van der Waals surface area contributed by atoms with Crippen molar-refractivity contribution in [2.75, 3.05) is 6.54 Å². The fourth-order valence-electron chi connectivity index (χ4n) is 1.57. The third-order valence-electron chi connectivity index (χ3n) is 2.59. The number of rotatable bonds is 5. The highest BCUT2D eigenvalue weighted by Crippen LogP contribution is 2.19. The molecule has 2 aromatic rings. The number of thiophene rings is 1. The molecule has 2 heterocycles. The molecule has 0 aliphatic rings. The van der Waals surface area contributed by atoms with Gasteiger partial charge in [-0.15, -0.1) is 11.3 Å². The van der Waals surface area contributed by atoms with Crippen molar-refractivity contribution in [1.29, 1.82) is 0 Å². The lowest BCUT2D eigenvalue weighted by molar-refractivity contribution is 0.557. The van der Waals surface area contributed by atoms with Gasteiger partial charge in [0.2, 0.25) is 0 Å². The van der Waals surface area contributed by atoms with Gasteiger partial charge < -0.3 is 5.32 Å². The van der Waals surface area contributed by atoms with Crippen molar-refractivity contribution in [2.45, 2.75) is 26.9 Å². The summed E-state index contributed by atoms with van der Waals surface area (Å²) < 4.78 is 1.94. The van der Waals surface area contributed by atoms with Gasteiger partial charge >= 0.3 is 0 Å². The Morgan fingerprint density at radius 1 is 1.44 bits per heavy atom. The average Bonchev–Trinajstić information content (AvgIpc) is 2.85. The van der Waals surface area contributed by atoms with Gasteiger partial charge in [0.1, 0.15) is 0 Å². The lowest BCUT2D eigenvalue weighted by atomic mass is 10.3. The average molecular weight is 235 g/mol. The van der Waals surface area contributed by atoms with Gasteiger partial charge in [0, 0.05) is 35.2 Å². The van der Waals surface area contributed by atoms with Gasteiger partial charge in [0.15, 0.2) is 0 Å². The van der Waals surface area contributed by atoms with Gasteiger partial charge in [-0.3, -0.25) is 4.68 Å². The van der Waals surface area contributed by atoms with E-state index in [0.29, 0.717) is 0 Å². The Bertz CT molecular complexity index is 412. The van der Waals surface area contributed by atoms with Crippen LogP contribution >= 0.6 is 11.3 Å². The molecule has 0 saturated carbocycles. The van der Waals surface area contributed by atoms with Crippen LogP contribution in [0.15, 0.2) is 24.5 Å². The first-order chi connectivity index (χ1) is 7.75. The Balaban J connectivity index is 1.72. The van der Waals surface area contributed by atoms with Gasteiger partial charge in [0.25, 0.3) is 0 Å². The molecule has 0 radical (unpaired) electrons. The zero-order valence-corrected chi connectivity index (χ0v) is 10.5. The van der Waals surface area contributed by atoms with Crippen molar-refractivity contribution in [3.05, 3.63) is 39.8 Å². The molecule has 0 amide bonds. The minimum Gasteiger partial charge on any atom is -0.310 e. The summed E-state index contributed by atoms with van der Waals surface area (Å²) >= 11 is 1.88.